The van der Waals surface area contributed by atoms with Gasteiger partial charge in [-0.1, -0.05) is 12.2 Å². The number of hydrogen-bond acceptors (Lipinski definition) is 6. The van der Waals surface area contributed by atoms with E-state index >= 15 is 0 Å². The topological polar surface area (TPSA) is 85.4 Å². The van der Waals surface area contributed by atoms with E-state index in [0.29, 0.717) is 0 Å². The lowest BCUT2D eigenvalue weighted by atomic mass is 10.1. The van der Waals surface area contributed by atoms with Crippen LogP contribution in [0.3, 0.4) is 0 Å². The summed E-state index contributed by atoms with van der Waals surface area (Å²) in [7, 11) is 0. The van der Waals surface area contributed by atoms with Gasteiger partial charge < -0.3 is 19.3 Å². The van der Waals surface area contributed by atoms with Gasteiger partial charge in [-0.05, 0) is 6.92 Å². The van der Waals surface area contributed by atoms with Crippen LogP contribution in [0.5, 0.6) is 0 Å². The van der Waals surface area contributed by atoms with Crippen LogP contribution in [0.15, 0.2) is 12.2 Å². The average Bonchev–Trinajstić information content (AvgIpc) is 3.02. The zero-order chi connectivity index (χ0) is 13.3. The summed E-state index contributed by atoms with van der Waals surface area (Å²) in [6.07, 6.45) is 0.292. The van der Waals surface area contributed by atoms with Crippen LogP contribution in [-0.4, -0.2) is 47.6 Å². The summed E-state index contributed by atoms with van der Waals surface area (Å²) in [5, 5.41) is 9.90. The van der Waals surface area contributed by atoms with Crippen molar-refractivity contribution in [2.75, 3.05) is 0 Å². The summed E-state index contributed by atoms with van der Waals surface area (Å²) in [6.45, 7) is 2.95. The van der Waals surface area contributed by atoms with E-state index < -0.39 is 36.4 Å². The Morgan fingerprint density at radius 2 is 2.22 bits per heavy atom. The highest BCUT2D eigenvalue weighted by molar-refractivity contribution is 5.78. The maximum atomic E-state index is 11.5. The van der Waals surface area contributed by atoms with Gasteiger partial charge in [0, 0.05) is 13.3 Å². The Bertz CT molecular complexity index is 377. The number of cyclic esters (lactones) is 1. The molecule has 0 spiro atoms. The average molecular weight is 256 g/mol. The van der Waals surface area contributed by atoms with E-state index in [-0.39, 0.29) is 12.5 Å². The molecule has 0 radical (unpaired) electrons. The second-order valence-electron chi connectivity index (χ2n) is 4.53. The van der Waals surface area contributed by atoms with E-state index in [1.807, 2.05) is 0 Å². The number of fused-ring (bicyclic) bond motifs is 1. The van der Waals surface area contributed by atoms with Gasteiger partial charge in [0.2, 0.25) is 0 Å². The quantitative estimate of drug-likeness (QED) is 0.402. The molecule has 1 N–H and O–H groups in total. The lowest BCUT2D eigenvalue weighted by molar-refractivity contribution is -0.157. The van der Waals surface area contributed by atoms with Gasteiger partial charge in [0.05, 0.1) is 0 Å². The van der Waals surface area contributed by atoms with Gasteiger partial charge in [0.25, 0.3) is 0 Å². The minimum atomic E-state index is -0.932. The molecular formula is C12H16O6. The zero-order valence-electron chi connectivity index (χ0n) is 10.2. The first-order valence-electron chi connectivity index (χ1n) is 5.87. The summed E-state index contributed by atoms with van der Waals surface area (Å²) >= 11 is 0. The van der Waals surface area contributed by atoms with Crippen molar-refractivity contribution in [3.8, 4) is 0 Å². The summed E-state index contributed by atoms with van der Waals surface area (Å²) in [5.74, 6) is -0.904. The van der Waals surface area contributed by atoms with Crippen LogP contribution < -0.4 is 0 Å². The molecule has 0 saturated carbocycles. The van der Waals surface area contributed by atoms with Gasteiger partial charge in [-0.25, -0.2) is 4.79 Å². The van der Waals surface area contributed by atoms with Crippen LogP contribution in [0, 0.1) is 0 Å². The molecule has 2 aliphatic rings. The summed E-state index contributed by atoms with van der Waals surface area (Å²) in [5.41, 5.74) is 0. The van der Waals surface area contributed by atoms with E-state index in [1.54, 1.807) is 13.0 Å². The van der Waals surface area contributed by atoms with Gasteiger partial charge >= 0.3 is 11.9 Å². The molecule has 0 aliphatic carbocycles. The summed E-state index contributed by atoms with van der Waals surface area (Å²) in [4.78, 5) is 22.5. The molecule has 0 aromatic heterocycles. The van der Waals surface area contributed by atoms with Crippen molar-refractivity contribution in [3.63, 3.8) is 0 Å². The number of aliphatic hydroxyl groups excluding tert-OH is 1. The Hall–Kier alpha value is -1.40. The van der Waals surface area contributed by atoms with Crippen LogP contribution in [0.2, 0.25) is 0 Å². The highest BCUT2D eigenvalue weighted by Crippen LogP contribution is 2.27. The first kappa shape index (κ1) is 13.0. The molecule has 0 aromatic rings. The number of carbonyl (C=O) groups excluding carboxylic acids is 2. The third kappa shape index (κ3) is 3.08. The number of ether oxygens (including phenoxy) is 3. The van der Waals surface area contributed by atoms with E-state index in [1.165, 1.54) is 13.0 Å². The maximum absolute atomic E-state index is 11.5. The Balaban J connectivity index is 2.10. The predicted octanol–water partition coefficient (Wildman–Crippen LogP) is -0.0620. The Morgan fingerprint density at radius 3 is 2.89 bits per heavy atom. The molecule has 6 nitrogen and oxygen atoms in total. The molecule has 2 aliphatic heterocycles. The molecule has 18 heavy (non-hydrogen) atoms. The summed E-state index contributed by atoms with van der Waals surface area (Å²) in [6, 6.07) is 0. The fourth-order valence-corrected chi connectivity index (χ4v) is 1.92. The molecule has 1 fully saturated rings. The lowest BCUT2D eigenvalue weighted by Crippen LogP contribution is -2.35. The molecule has 0 unspecified atom stereocenters. The fourth-order valence-electron chi connectivity index (χ4n) is 1.92. The van der Waals surface area contributed by atoms with Crippen molar-refractivity contribution in [2.45, 2.75) is 50.8 Å². The van der Waals surface area contributed by atoms with Crippen LogP contribution in [0.25, 0.3) is 0 Å². The van der Waals surface area contributed by atoms with Gasteiger partial charge in [0.15, 0.2) is 6.10 Å². The largest absolute Gasteiger partial charge is 0.461 e. The van der Waals surface area contributed by atoms with Crippen molar-refractivity contribution in [1.29, 1.82) is 0 Å². The molecular weight excluding hydrogens is 240 g/mol. The minimum absolute atomic E-state index is 0.244. The number of esters is 2. The number of hydrogen-bond donors (Lipinski definition) is 1. The third-order valence-corrected chi connectivity index (χ3v) is 2.84. The fraction of sp³-hybridized carbons (Fsp3) is 0.667. The molecule has 0 bridgehead atoms. The zero-order valence-corrected chi connectivity index (χ0v) is 10.2. The van der Waals surface area contributed by atoms with Crippen LogP contribution in [0.4, 0.5) is 0 Å². The molecule has 5 atom stereocenters. The lowest BCUT2D eigenvalue weighted by Gasteiger charge is -2.24. The van der Waals surface area contributed by atoms with Gasteiger partial charge in [-0.15, -0.1) is 0 Å². The monoisotopic (exact) mass is 256 g/mol. The second kappa shape index (κ2) is 5.07. The molecule has 1 saturated heterocycles. The highest BCUT2D eigenvalue weighted by Gasteiger charge is 2.46. The second-order valence-corrected chi connectivity index (χ2v) is 4.53. The number of epoxide rings is 1. The minimum Gasteiger partial charge on any atom is -0.461 e. The standard InChI is InChI=1S/C12H16O6/c1-6-5-10(17-7(2)13)8(14)3-4-9-11(18-9)12(15)16-6/h3-4,6,8-11,14H,5H2,1-2H3/b4-3+/t6-,8-,9+,10-,11+/m1/s1. The Morgan fingerprint density at radius 1 is 1.50 bits per heavy atom. The van der Waals surface area contributed by atoms with Crippen molar-refractivity contribution in [3.05, 3.63) is 12.2 Å². The van der Waals surface area contributed by atoms with Crippen molar-refractivity contribution in [1.82, 2.24) is 0 Å². The molecule has 0 aromatic carbocycles. The van der Waals surface area contributed by atoms with E-state index in [2.05, 4.69) is 0 Å². The number of aliphatic hydroxyl groups is 1. The van der Waals surface area contributed by atoms with Gasteiger partial charge in [-0.2, -0.15) is 0 Å². The summed E-state index contributed by atoms with van der Waals surface area (Å²) < 4.78 is 15.3. The first-order chi connectivity index (χ1) is 8.47. The maximum Gasteiger partial charge on any atom is 0.338 e. The Labute approximate surface area is 105 Å². The molecule has 2 heterocycles. The Kier molecular flexibility index (Phi) is 3.68. The van der Waals surface area contributed by atoms with Crippen LogP contribution >= 0.6 is 0 Å². The smallest absolute Gasteiger partial charge is 0.338 e. The SMILES string of the molecule is CC(=O)O[C@@H]1C[C@@H](C)OC(=O)[C@H]2O[C@H]2/C=C/[C@H]1O. The molecule has 100 valence electrons. The third-order valence-electron chi connectivity index (χ3n) is 2.84. The predicted molar refractivity (Wildman–Crippen MR) is 59.5 cm³/mol. The van der Waals surface area contributed by atoms with E-state index in [0.717, 1.165) is 0 Å². The van der Waals surface area contributed by atoms with Crippen molar-refractivity contribution < 1.29 is 28.9 Å². The number of carbonyl (C=O) groups is 2. The van der Waals surface area contributed by atoms with Crippen LogP contribution in [0.1, 0.15) is 20.3 Å². The number of rotatable bonds is 1. The van der Waals surface area contributed by atoms with E-state index in [4.69, 9.17) is 14.2 Å². The normalized spacial score (nSPS) is 41.3. The van der Waals surface area contributed by atoms with Crippen molar-refractivity contribution >= 4 is 11.9 Å². The molecule has 0 amide bonds. The molecule has 2 rings (SSSR count). The first-order valence-corrected chi connectivity index (χ1v) is 5.87. The molecule has 6 heteroatoms. The van der Waals surface area contributed by atoms with E-state index in [9.17, 15) is 14.7 Å². The van der Waals surface area contributed by atoms with Gasteiger partial charge in [0.1, 0.15) is 24.4 Å². The van der Waals surface area contributed by atoms with Crippen molar-refractivity contribution in [2.24, 2.45) is 0 Å². The van der Waals surface area contributed by atoms with Gasteiger partial charge in [-0.3, -0.25) is 4.79 Å². The van der Waals surface area contributed by atoms with Crippen LogP contribution in [-0.2, 0) is 23.8 Å². The highest BCUT2D eigenvalue weighted by atomic mass is 16.6.